The summed E-state index contributed by atoms with van der Waals surface area (Å²) in [5, 5.41) is 0. The summed E-state index contributed by atoms with van der Waals surface area (Å²) in [7, 11) is 0. The van der Waals surface area contributed by atoms with E-state index >= 15 is 0 Å². The van der Waals surface area contributed by atoms with Gasteiger partial charge in [-0.05, 0) is 70.6 Å². The Hall–Kier alpha value is -2.37. The summed E-state index contributed by atoms with van der Waals surface area (Å²) in [4.78, 5) is 37.7. The number of allylic oxidation sites excluding steroid dienone is 6. The van der Waals surface area contributed by atoms with E-state index in [0.29, 0.717) is 19.3 Å². The molecule has 0 unspecified atom stereocenters. The van der Waals surface area contributed by atoms with Crippen LogP contribution in [0.4, 0.5) is 0 Å². The third-order valence-electron chi connectivity index (χ3n) is 9.87. The highest BCUT2D eigenvalue weighted by Crippen LogP contribution is 2.14. The van der Waals surface area contributed by atoms with Crippen LogP contribution in [0.25, 0.3) is 0 Å². The second kappa shape index (κ2) is 43.4. The molecule has 0 aliphatic carbocycles. The standard InChI is InChI=1S/C48H86O6/c1-4-7-10-13-16-19-21-23-25-26-29-32-35-38-41-47(50)53-44-45(43-52-46(49)40-37-34-31-28-18-15-12-9-6-3)54-48(51)42-39-36-33-30-27-24-22-20-17-14-11-8-5-2/h13,16,20-23,45H,4-12,14-15,17-19,24-44H2,1-3H3/b16-13-,22-20-,23-21-/t45-/m1/s1. The average molecular weight is 759 g/mol. The molecule has 0 bridgehead atoms. The SMILES string of the molecule is CCCC/C=C\C/C=C\CCCCCCCC(=O)OC[C@@H](COC(=O)CCCCCCCCCCC)OC(=O)CCCCCCC/C=C\CCCCCC. The maximum atomic E-state index is 12.7. The van der Waals surface area contributed by atoms with Gasteiger partial charge in [-0.15, -0.1) is 0 Å². The molecule has 0 rings (SSSR count). The van der Waals surface area contributed by atoms with Gasteiger partial charge in [-0.2, -0.15) is 0 Å². The molecule has 0 fully saturated rings. The maximum Gasteiger partial charge on any atom is 0.306 e. The first kappa shape index (κ1) is 51.6. The van der Waals surface area contributed by atoms with Gasteiger partial charge in [-0.1, -0.05) is 179 Å². The molecular weight excluding hydrogens is 673 g/mol. The van der Waals surface area contributed by atoms with Crippen molar-refractivity contribution in [3.63, 3.8) is 0 Å². The van der Waals surface area contributed by atoms with Crippen LogP contribution in [0, 0.1) is 0 Å². The molecule has 0 aromatic rings. The van der Waals surface area contributed by atoms with Gasteiger partial charge >= 0.3 is 17.9 Å². The lowest BCUT2D eigenvalue weighted by Gasteiger charge is -2.18. The number of unbranched alkanes of at least 4 members (excludes halogenated alkanes) is 24. The predicted octanol–water partition coefficient (Wildman–Crippen LogP) is 14.6. The lowest BCUT2D eigenvalue weighted by molar-refractivity contribution is -0.167. The molecule has 54 heavy (non-hydrogen) atoms. The minimum atomic E-state index is -0.776. The molecule has 0 saturated carbocycles. The Bertz CT molecular complexity index is 922. The van der Waals surface area contributed by atoms with Crippen molar-refractivity contribution in [1.29, 1.82) is 0 Å². The number of ether oxygens (including phenoxy) is 3. The fourth-order valence-corrected chi connectivity index (χ4v) is 6.33. The second-order valence-electron chi connectivity index (χ2n) is 15.3. The van der Waals surface area contributed by atoms with E-state index in [1.165, 1.54) is 103 Å². The molecule has 6 nitrogen and oxygen atoms in total. The fraction of sp³-hybridized carbons (Fsp3) is 0.812. The molecule has 0 aliphatic heterocycles. The van der Waals surface area contributed by atoms with Crippen molar-refractivity contribution >= 4 is 17.9 Å². The number of hydrogen-bond donors (Lipinski definition) is 0. The van der Waals surface area contributed by atoms with Crippen LogP contribution >= 0.6 is 0 Å². The first-order valence-corrected chi connectivity index (χ1v) is 23.0. The molecule has 6 heteroatoms. The van der Waals surface area contributed by atoms with E-state index in [-0.39, 0.29) is 31.1 Å². The van der Waals surface area contributed by atoms with Crippen molar-refractivity contribution in [2.24, 2.45) is 0 Å². The van der Waals surface area contributed by atoms with Gasteiger partial charge in [0.05, 0.1) is 0 Å². The smallest absolute Gasteiger partial charge is 0.306 e. The van der Waals surface area contributed by atoms with Gasteiger partial charge in [0, 0.05) is 19.3 Å². The molecule has 0 amide bonds. The summed E-state index contributed by atoms with van der Waals surface area (Å²) in [5.41, 5.74) is 0. The first-order chi connectivity index (χ1) is 26.5. The van der Waals surface area contributed by atoms with Gasteiger partial charge in [-0.25, -0.2) is 0 Å². The molecule has 0 aromatic heterocycles. The molecule has 0 heterocycles. The van der Waals surface area contributed by atoms with E-state index in [2.05, 4.69) is 57.2 Å². The Morgan fingerprint density at radius 2 is 0.685 bits per heavy atom. The highest BCUT2D eigenvalue weighted by Gasteiger charge is 2.19. The molecule has 0 spiro atoms. The summed E-state index contributed by atoms with van der Waals surface area (Å²) < 4.78 is 16.7. The zero-order chi connectivity index (χ0) is 39.4. The number of esters is 3. The van der Waals surface area contributed by atoms with Crippen LogP contribution in [0.3, 0.4) is 0 Å². The monoisotopic (exact) mass is 759 g/mol. The zero-order valence-electron chi connectivity index (χ0n) is 35.7. The number of hydrogen-bond acceptors (Lipinski definition) is 6. The molecule has 1 atom stereocenters. The molecule has 0 saturated heterocycles. The molecule has 0 N–H and O–H groups in total. The van der Waals surface area contributed by atoms with E-state index in [9.17, 15) is 14.4 Å². The van der Waals surface area contributed by atoms with E-state index in [0.717, 1.165) is 89.9 Å². The van der Waals surface area contributed by atoms with Gasteiger partial charge in [0.25, 0.3) is 0 Å². The number of rotatable bonds is 41. The van der Waals surface area contributed by atoms with Crippen molar-refractivity contribution in [1.82, 2.24) is 0 Å². The Labute approximate surface area is 334 Å². The van der Waals surface area contributed by atoms with Crippen LogP contribution in [-0.4, -0.2) is 37.2 Å². The maximum absolute atomic E-state index is 12.7. The summed E-state index contributed by atoms with van der Waals surface area (Å²) in [6.07, 6.45) is 48.3. The highest BCUT2D eigenvalue weighted by molar-refractivity contribution is 5.71. The van der Waals surface area contributed by atoms with Crippen LogP contribution in [0.1, 0.15) is 233 Å². The van der Waals surface area contributed by atoms with E-state index < -0.39 is 6.10 Å². The number of carbonyl (C=O) groups excluding carboxylic acids is 3. The van der Waals surface area contributed by atoms with Crippen LogP contribution in [0.15, 0.2) is 36.5 Å². The van der Waals surface area contributed by atoms with E-state index in [1.54, 1.807) is 0 Å². The van der Waals surface area contributed by atoms with Crippen molar-refractivity contribution in [2.45, 2.75) is 239 Å². The molecule has 0 aromatic carbocycles. The Balaban J connectivity index is 4.38. The highest BCUT2D eigenvalue weighted by atomic mass is 16.6. The van der Waals surface area contributed by atoms with E-state index in [1.807, 2.05) is 0 Å². The summed E-state index contributed by atoms with van der Waals surface area (Å²) in [5.74, 6) is -0.903. The van der Waals surface area contributed by atoms with Crippen LogP contribution < -0.4 is 0 Å². The van der Waals surface area contributed by atoms with Gasteiger partial charge in [-0.3, -0.25) is 14.4 Å². The largest absolute Gasteiger partial charge is 0.462 e. The van der Waals surface area contributed by atoms with Crippen molar-refractivity contribution in [3.05, 3.63) is 36.5 Å². The van der Waals surface area contributed by atoms with Gasteiger partial charge in [0.2, 0.25) is 0 Å². The summed E-state index contributed by atoms with van der Waals surface area (Å²) in [6, 6.07) is 0. The Morgan fingerprint density at radius 3 is 1.11 bits per heavy atom. The first-order valence-electron chi connectivity index (χ1n) is 23.0. The topological polar surface area (TPSA) is 78.9 Å². The third-order valence-corrected chi connectivity index (χ3v) is 9.87. The van der Waals surface area contributed by atoms with Crippen molar-refractivity contribution in [3.8, 4) is 0 Å². The Morgan fingerprint density at radius 1 is 0.370 bits per heavy atom. The molecule has 0 radical (unpaired) electrons. The average Bonchev–Trinajstić information content (AvgIpc) is 3.17. The zero-order valence-corrected chi connectivity index (χ0v) is 35.7. The van der Waals surface area contributed by atoms with Gasteiger partial charge in [0.1, 0.15) is 13.2 Å². The predicted molar refractivity (Wildman–Crippen MR) is 229 cm³/mol. The molecule has 0 aliphatic rings. The minimum Gasteiger partial charge on any atom is -0.462 e. The normalized spacial score (nSPS) is 12.3. The Kier molecular flexibility index (Phi) is 41.5. The minimum absolute atomic E-state index is 0.0784. The molecule has 314 valence electrons. The van der Waals surface area contributed by atoms with E-state index in [4.69, 9.17) is 14.2 Å². The van der Waals surface area contributed by atoms with Crippen molar-refractivity contribution in [2.75, 3.05) is 13.2 Å². The van der Waals surface area contributed by atoms with Gasteiger partial charge in [0.15, 0.2) is 6.10 Å². The van der Waals surface area contributed by atoms with Crippen molar-refractivity contribution < 1.29 is 28.6 Å². The lowest BCUT2D eigenvalue weighted by Crippen LogP contribution is -2.30. The number of carbonyl (C=O) groups is 3. The lowest BCUT2D eigenvalue weighted by atomic mass is 10.1. The quantitative estimate of drug-likeness (QED) is 0.0267. The van der Waals surface area contributed by atoms with Crippen LogP contribution in [0.2, 0.25) is 0 Å². The molecular formula is C48H86O6. The third kappa shape index (κ3) is 40.8. The fourth-order valence-electron chi connectivity index (χ4n) is 6.33. The van der Waals surface area contributed by atoms with Crippen LogP contribution in [-0.2, 0) is 28.6 Å². The van der Waals surface area contributed by atoms with Gasteiger partial charge < -0.3 is 14.2 Å². The summed E-state index contributed by atoms with van der Waals surface area (Å²) in [6.45, 7) is 6.54. The van der Waals surface area contributed by atoms with Crippen LogP contribution in [0.5, 0.6) is 0 Å². The summed E-state index contributed by atoms with van der Waals surface area (Å²) >= 11 is 0. The second-order valence-corrected chi connectivity index (χ2v) is 15.3.